The lowest BCUT2D eigenvalue weighted by Gasteiger charge is -2.28. The quantitative estimate of drug-likeness (QED) is 0.316. The third kappa shape index (κ3) is 3.91. The van der Waals surface area contributed by atoms with Crippen molar-refractivity contribution in [3.05, 3.63) is 102 Å². The van der Waals surface area contributed by atoms with Crippen LogP contribution in [0.3, 0.4) is 0 Å². The number of aromatic nitrogens is 2. The van der Waals surface area contributed by atoms with Crippen molar-refractivity contribution < 1.29 is 19.2 Å². The number of non-ortho nitro benzene ring substituents is 1. The Morgan fingerprint density at radius 1 is 1.23 bits per heavy atom. The van der Waals surface area contributed by atoms with Gasteiger partial charge in [0.05, 0.1) is 28.2 Å². The summed E-state index contributed by atoms with van der Waals surface area (Å²) in [7, 11) is 0. The maximum Gasteiger partial charge on any atom is 0.340 e. The molecule has 0 aliphatic carbocycles. The second-order valence-corrected chi connectivity index (χ2v) is 7.34. The zero-order valence-electron chi connectivity index (χ0n) is 18.2. The van der Waals surface area contributed by atoms with E-state index < -0.39 is 39.7 Å². The van der Waals surface area contributed by atoms with Crippen LogP contribution in [0.2, 0.25) is 0 Å². The predicted octanol–water partition coefficient (Wildman–Crippen LogP) is 1.84. The molecule has 0 spiro atoms. The first-order valence-electron chi connectivity index (χ1n) is 10.3. The van der Waals surface area contributed by atoms with E-state index in [1.165, 1.54) is 36.4 Å². The highest BCUT2D eigenvalue weighted by atomic mass is 16.6. The highest BCUT2D eigenvalue weighted by Crippen LogP contribution is 2.41. The number of nitrogens with one attached hydrogen (secondary N) is 1. The summed E-state index contributed by atoms with van der Waals surface area (Å²) in [6, 6.07) is 13.1. The number of benzene rings is 2. The van der Waals surface area contributed by atoms with Crippen LogP contribution in [0.25, 0.3) is 16.7 Å². The summed E-state index contributed by atoms with van der Waals surface area (Å²) in [5.74, 6) is -2.94. The number of carbonyl (C=O) groups excluding carboxylic acids is 1. The standard InChI is InChI=1S/C23H17N5O7/c1-2-34-23(31)18-17(12-7-9-13(10-8-12)28(32)33)16(11-24)22(35-19(18)25)27-21(30)15-6-4-3-5-14(15)20(29)26-27/h3-10,17H,2,25H2,1H3,(H,26,29). The van der Waals surface area contributed by atoms with Gasteiger partial charge in [-0.15, -0.1) is 0 Å². The number of ether oxygens (including phenoxy) is 2. The number of fused-ring (bicyclic) bond motifs is 1. The van der Waals surface area contributed by atoms with Gasteiger partial charge in [0.25, 0.3) is 16.8 Å². The fourth-order valence-corrected chi connectivity index (χ4v) is 3.80. The van der Waals surface area contributed by atoms with E-state index in [9.17, 15) is 29.8 Å². The second kappa shape index (κ2) is 8.99. The fraction of sp³-hybridized carbons (Fsp3) is 0.130. The number of nitriles is 1. The highest BCUT2D eigenvalue weighted by Gasteiger charge is 2.39. The van der Waals surface area contributed by atoms with Crippen molar-refractivity contribution in [1.29, 1.82) is 5.26 Å². The molecule has 0 radical (unpaired) electrons. The molecule has 1 aliphatic heterocycles. The maximum absolute atomic E-state index is 13.2. The number of rotatable bonds is 5. The van der Waals surface area contributed by atoms with Crippen molar-refractivity contribution in [3.8, 4) is 6.07 Å². The van der Waals surface area contributed by atoms with Gasteiger partial charge in [-0.05, 0) is 24.6 Å². The van der Waals surface area contributed by atoms with Crippen molar-refractivity contribution in [1.82, 2.24) is 9.78 Å². The average Bonchev–Trinajstić information content (AvgIpc) is 2.85. The lowest BCUT2D eigenvalue weighted by atomic mass is 9.83. The number of H-pyrrole nitrogens is 1. The first-order chi connectivity index (χ1) is 16.8. The number of hydrogen-bond acceptors (Lipinski definition) is 9. The van der Waals surface area contributed by atoms with Gasteiger partial charge in [-0.3, -0.25) is 24.8 Å². The summed E-state index contributed by atoms with van der Waals surface area (Å²) in [5.41, 5.74) is 4.32. The molecule has 1 aliphatic rings. The molecule has 1 unspecified atom stereocenters. The van der Waals surface area contributed by atoms with Gasteiger partial charge < -0.3 is 15.2 Å². The molecule has 3 aromatic rings. The monoisotopic (exact) mass is 475 g/mol. The molecule has 35 heavy (non-hydrogen) atoms. The molecule has 0 saturated heterocycles. The largest absolute Gasteiger partial charge is 0.462 e. The van der Waals surface area contributed by atoms with Gasteiger partial charge in [0.1, 0.15) is 17.2 Å². The summed E-state index contributed by atoms with van der Waals surface area (Å²) in [5, 5.41) is 23.7. The first-order valence-corrected chi connectivity index (χ1v) is 10.3. The lowest BCUT2D eigenvalue weighted by molar-refractivity contribution is -0.384. The smallest absolute Gasteiger partial charge is 0.340 e. The Balaban J connectivity index is 2.00. The number of nitro benzene ring substituents is 1. The molecule has 1 atom stereocenters. The van der Waals surface area contributed by atoms with Crippen LogP contribution < -0.4 is 16.9 Å². The van der Waals surface area contributed by atoms with E-state index >= 15 is 0 Å². The predicted molar refractivity (Wildman–Crippen MR) is 122 cm³/mol. The van der Waals surface area contributed by atoms with Crippen LogP contribution in [0, 0.1) is 21.4 Å². The molecule has 0 saturated carbocycles. The number of carbonyl (C=O) groups is 1. The van der Waals surface area contributed by atoms with Gasteiger partial charge in [-0.1, -0.05) is 24.3 Å². The number of hydrogen-bond donors (Lipinski definition) is 2. The van der Waals surface area contributed by atoms with Crippen molar-refractivity contribution >= 4 is 28.3 Å². The van der Waals surface area contributed by atoms with Gasteiger partial charge in [-0.25, -0.2) is 4.79 Å². The van der Waals surface area contributed by atoms with Gasteiger partial charge in [-0.2, -0.15) is 9.94 Å². The zero-order valence-corrected chi connectivity index (χ0v) is 18.2. The Labute approximate surface area is 196 Å². The molecule has 1 aromatic heterocycles. The topological polar surface area (TPSA) is 183 Å². The molecule has 12 nitrogen and oxygen atoms in total. The summed E-state index contributed by atoms with van der Waals surface area (Å²) in [6.07, 6.45) is 0. The first kappa shape index (κ1) is 23.0. The van der Waals surface area contributed by atoms with Crippen LogP contribution in [0.1, 0.15) is 18.4 Å². The van der Waals surface area contributed by atoms with Crippen LogP contribution in [0.5, 0.6) is 0 Å². The molecule has 176 valence electrons. The van der Waals surface area contributed by atoms with Crippen molar-refractivity contribution in [2.75, 3.05) is 6.61 Å². The van der Waals surface area contributed by atoms with E-state index in [4.69, 9.17) is 15.2 Å². The molecule has 3 N–H and O–H groups in total. The van der Waals surface area contributed by atoms with Crippen LogP contribution >= 0.6 is 0 Å². The molecule has 2 heterocycles. The molecule has 0 amide bonds. The van der Waals surface area contributed by atoms with Crippen molar-refractivity contribution in [3.63, 3.8) is 0 Å². The fourth-order valence-electron chi connectivity index (χ4n) is 3.80. The van der Waals surface area contributed by atoms with Gasteiger partial charge in [0.2, 0.25) is 11.8 Å². The Morgan fingerprint density at radius 2 is 1.89 bits per heavy atom. The summed E-state index contributed by atoms with van der Waals surface area (Å²) in [6.45, 7) is 1.57. The normalized spacial score (nSPS) is 15.5. The van der Waals surface area contributed by atoms with Crippen LogP contribution in [-0.4, -0.2) is 27.3 Å². The van der Waals surface area contributed by atoms with Crippen LogP contribution in [0.15, 0.2) is 75.1 Å². The Morgan fingerprint density at radius 3 is 2.49 bits per heavy atom. The number of esters is 1. The van der Waals surface area contributed by atoms with E-state index in [0.29, 0.717) is 0 Å². The van der Waals surface area contributed by atoms with Crippen molar-refractivity contribution in [2.24, 2.45) is 5.73 Å². The molecule has 12 heteroatoms. The average molecular weight is 475 g/mol. The van der Waals surface area contributed by atoms with E-state index in [1.54, 1.807) is 19.1 Å². The third-order valence-corrected chi connectivity index (χ3v) is 5.35. The molecular formula is C23H17N5O7. The molecule has 4 rings (SSSR count). The van der Waals surface area contributed by atoms with Gasteiger partial charge in [0, 0.05) is 12.1 Å². The summed E-state index contributed by atoms with van der Waals surface area (Å²) < 4.78 is 11.4. The minimum absolute atomic E-state index is 0.00148. The maximum atomic E-state index is 13.2. The van der Waals surface area contributed by atoms with Gasteiger partial charge in [0.15, 0.2) is 0 Å². The van der Waals surface area contributed by atoms with E-state index in [0.717, 1.165) is 4.68 Å². The van der Waals surface area contributed by atoms with E-state index in [2.05, 4.69) is 5.10 Å². The Hall–Kier alpha value is -5.18. The molecular weight excluding hydrogens is 458 g/mol. The number of nitrogens with zero attached hydrogens (tertiary/aromatic N) is 3. The van der Waals surface area contributed by atoms with E-state index in [1.807, 2.05) is 6.07 Å². The van der Waals surface area contributed by atoms with E-state index in [-0.39, 0.29) is 39.8 Å². The zero-order chi connectivity index (χ0) is 25.3. The minimum Gasteiger partial charge on any atom is -0.462 e. The SMILES string of the molecule is CCOC(=O)C1=C(N)OC(n2[nH]c(=O)c3ccccc3c2=O)=C(C#N)C1c1ccc([N+](=O)[O-])cc1. The van der Waals surface area contributed by atoms with Gasteiger partial charge >= 0.3 is 5.97 Å². The van der Waals surface area contributed by atoms with Crippen molar-refractivity contribution in [2.45, 2.75) is 12.8 Å². The van der Waals surface area contributed by atoms with Crippen LogP contribution in [-0.2, 0) is 14.3 Å². The third-order valence-electron chi connectivity index (χ3n) is 5.35. The molecule has 2 aromatic carbocycles. The lowest BCUT2D eigenvalue weighted by Crippen LogP contribution is -2.34. The molecule has 0 fully saturated rings. The number of aromatic amines is 1. The Kier molecular flexibility index (Phi) is 5.90. The summed E-state index contributed by atoms with van der Waals surface area (Å²) in [4.78, 5) is 49.0. The van der Waals surface area contributed by atoms with Crippen LogP contribution in [0.4, 0.5) is 5.69 Å². The minimum atomic E-state index is -1.20. The summed E-state index contributed by atoms with van der Waals surface area (Å²) >= 11 is 0. The number of nitro groups is 1. The molecule has 0 bridgehead atoms. The highest BCUT2D eigenvalue weighted by molar-refractivity contribution is 5.93. The number of allylic oxidation sites excluding steroid dienone is 1. The Bertz CT molecular complexity index is 1590. The second-order valence-electron chi connectivity index (χ2n) is 7.34. The number of nitrogens with two attached hydrogens (primary N) is 1.